The predicted octanol–water partition coefficient (Wildman–Crippen LogP) is 2.54. The van der Waals surface area contributed by atoms with Crippen molar-refractivity contribution >= 4 is 15.7 Å². The van der Waals surface area contributed by atoms with Gasteiger partial charge in [-0.15, -0.1) is 0 Å². The van der Waals surface area contributed by atoms with Crippen LogP contribution in [-0.2, 0) is 26.6 Å². The van der Waals surface area contributed by atoms with Crippen molar-refractivity contribution in [2.24, 2.45) is 0 Å². The van der Waals surface area contributed by atoms with Gasteiger partial charge in [-0.1, -0.05) is 17.3 Å². The van der Waals surface area contributed by atoms with Crippen LogP contribution in [0.5, 0.6) is 0 Å². The maximum absolute atomic E-state index is 12.8. The average Bonchev–Trinajstić information content (AvgIpc) is 3.01. The minimum atomic E-state index is -4.52. The molecule has 0 saturated heterocycles. The van der Waals surface area contributed by atoms with Crippen molar-refractivity contribution in [3.8, 4) is 11.4 Å². The maximum atomic E-state index is 12.8. The highest BCUT2D eigenvalue weighted by molar-refractivity contribution is 7.90. The van der Waals surface area contributed by atoms with Crippen LogP contribution in [0.4, 0.5) is 13.2 Å². The highest BCUT2D eigenvalue weighted by Crippen LogP contribution is 2.31. The van der Waals surface area contributed by atoms with E-state index in [-0.39, 0.29) is 41.8 Å². The minimum absolute atomic E-state index is 0.0637. The molecule has 0 fully saturated rings. The third kappa shape index (κ3) is 6.05. The minimum Gasteiger partial charge on any atom is -0.349 e. The molecular weight excluding hydrogens is 387 g/mol. The number of carbonyl (C=O) groups excluding carboxylic acids is 1. The summed E-state index contributed by atoms with van der Waals surface area (Å²) in [5.74, 6) is -1.33. The van der Waals surface area contributed by atoms with Gasteiger partial charge in [0.15, 0.2) is 9.84 Å². The maximum Gasteiger partial charge on any atom is 0.416 e. The molecule has 0 bridgehead atoms. The van der Waals surface area contributed by atoms with E-state index in [0.29, 0.717) is 0 Å². The molecule has 2 aromatic rings. The lowest BCUT2D eigenvalue weighted by Crippen LogP contribution is -2.22. The number of benzene rings is 1. The molecule has 11 heteroatoms. The van der Waals surface area contributed by atoms with Crippen LogP contribution in [0.25, 0.3) is 11.4 Å². The van der Waals surface area contributed by atoms with Gasteiger partial charge >= 0.3 is 6.18 Å². The first-order chi connectivity index (χ1) is 12.5. The standard InChI is InChI=1S/C16H18F3N3O4S/c1-22(2)14(23)7-4-8-27(24,25)10-13-20-15(21-26-13)11-5-3-6-12(9-11)16(17,18)19/h3,5-6,9H,4,7-8,10H2,1-2H3. The Balaban J connectivity index is 2.04. The van der Waals surface area contributed by atoms with E-state index >= 15 is 0 Å². The Labute approximate surface area is 154 Å². The molecule has 148 valence electrons. The predicted molar refractivity (Wildman–Crippen MR) is 90.2 cm³/mol. The molecule has 0 radical (unpaired) electrons. The first kappa shape index (κ1) is 20.9. The number of halogens is 3. The topological polar surface area (TPSA) is 93.4 Å². The molecule has 0 unspecified atom stereocenters. The summed E-state index contributed by atoms with van der Waals surface area (Å²) in [5, 5.41) is 3.55. The van der Waals surface area contributed by atoms with Crippen LogP contribution in [0.3, 0.4) is 0 Å². The van der Waals surface area contributed by atoms with Gasteiger partial charge in [0.05, 0.1) is 11.3 Å². The lowest BCUT2D eigenvalue weighted by molar-refractivity contribution is -0.137. The lowest BCUT2D eigenvalue weighted by atomic mass is 10.1. The van der Waals surface area contributed by atoms with Crippen molar-refractivity contribution in [2.45, 2.75) is 24.8 Å². The SMILES string of the molecule is CN(C)C(=O)CCCS(=O)(=O)Cc1nc(-c2cccc(C(F)(F)F)c2)no1. The molecule has 2 rings (SSSR count). The molecule has 0 saturated carbocycles. The van der Waals surface area contributed by atoms with Crippen molar-refractivity contribution < 1.29 is 30.9 Å². The first-order valence-electron chi connectivity index (χ1n) is 7.89. The zero-order valence-electron chi connectivity index (χ0n) is 14.7. The fraction of sp³-hybridized carbons (Fsp3) is 0.438. The van der Waals surface area contributed by atoms with Gasteiger partial charge in [0.25, 0.3) is 0 Å². The second-order valence-corrected chi connectivity index (χ2v) is 8.26. The van der Waals surface area contributed by atoms with Gasteiger partial charge < -0.3 is 9.42 Å². The molecule has 0 aliphatic heterocycles. The fourth-order valence-electron chi connectivity index (χ4n) is 2.19. The molecule has 1 heterocycles. The summed E-state index contributed by atoms with van der Waals surface area (Å²) < 4.78 is 67.3. The molecular formula is C16H18F3N3O4S. The van der Waals surface area contributed by atoms with Crippen LogP contribution >= 0.6 is 0 Å². The number of hydrogen-bond acceptors (Lipinski definition) is 6. The van der Waals surface area contributed by atoms with E-state index in [2.05, 4.69) is 10.1 Å². The van der Waals surface area contributed by atoms with Crippen LogP contribution in [0.15, 0.2) is 28.8 Å². The molecule has 0 atom stereocenters. The van der Waals surface area contributed by atoms with E-state index in [0.717, 1.165) is 12.1 Å². The molecule has 1 aromatic heterocycles. The Morgan fingerprint density at radius 3 is 2.59 bits per heavy atom. The number of aromatic nitrogens is 2. The van der Waals surface area contributed by atoms with Gasteiger partial charge in [-0.3, -0.25) is 4.79 Å². The zero-order chi connectivity index (χ0) is 20.2. The van der Waals surface area contributed by atoms with Crippen molar-refractivity contribution in [2.75, 3.05) is 19.8 Å². The van der Waals surface area contributed by atoms with E-state index in [4.69, 9.17) is 4.52 Å². The Bertz CT molecular complexity index is 908. The van der Waals surface area contributed by atoms with Crippen molar-refractivity contribution in [3.05, 3.63) is 35.7 Å². The summed E-state index contributed by atoms with van der Waals surface area (Å²) >= 11 is 0. The highest BCUT2D eigenvalue weighted by atomic mass is 32.2. The molecule has 1 aromatic carbocycles. The van der Waals surface area contributed by atoms with Crippen molar-refractivity contribution in [1.29, 1.82) is 0 Å². The van der Waals surface area contributed by atoms with Crippen LogP contribution in [0, 0.1) is 0 Å². The summed E-state index contributed by atoms with van der Waals surface area (Å²) in [6.07, 6.45) is -4.28. The second-order valence-electron chi connectivity index (χ2n) is 6.07. The third-order valence-corrected chi connectivity index (χ3v) is 5.20. The Morgan fingerprint density at radius 1 is 1.26 bits per heavy atom. The molecule has 0 spiro atoms. The molecule has 0 aliphatic rings. The van der Waals surface area contributed by atoms with Gasteiger partial charge in [0, 0.05) is 26.1 Å². The number of rotatable bonds is 7. The molecule has 0 aliphatic carbocycles. The summed E-state index contributed by atoms with van der Waals surface area (Å²) in [7, 11) is -0.455. The van der Waals surface area contributed by atoms with Gasteiger partial charge in [-0.05, 0) is 18.6 Å². The number of alkyl halides is 3. The smallest absolute Gasteiger partial charge is 0.349 e. The monoisotopic (exact) mass is 405 g/mol. The normalized spacial score (nSPS) is 12.2. The van der Waals surface area contributed by atoms with E-state index in [1.807, 2.05) is 0 Å². The number of hydrogen-bond donors (Lipinski definition) is 0. The second kappa shape index (κ2) is 8.07. The summed E-state index contributed by atoms with van der Waals surface area (Å²) in [6, 6.07) is 4.33. The largest absolute Gasteiger partial charge is 0.416 e. The van der Waals surface area contributed by atoms with Crippen LogP contribution in [-0.4, -0.2) is 49.2 Å². The molecule has 27 heavy (non-hydrogen) atoms. The summed E-state index contributed by atoms with van der Waals surface area (Å²) in [6.45, 7) is 0. The van der Waals surface area contributed by atoms with Gasteiger partial charge in [0.1, 0.15) is 5.75 Å². The van der Waals surface area contributed by atoms with Crippen molar-refractivity contribution in [3.63, 3.8) is 0 Å². The highest BCUT2D eigenvalue weighted by Gasteiger charge is 2.31. The fourth-order valence-corrected chi connectivity index (χ4v) is 3.41. The van der Waals surface area contributed by atoms with E-state index in [9.17, 15) is 26.4 Å². The Kier molecular flexibility index (Phi) is 6.24. The van der Waals surface area contributed by atoms with E-state index < -0.39 is 27.3 Å². The molecule has 7 nitrogen and oxygen atoms in total. The average molecular weight is 405 g/mol. The third-order valence-electron chi connectivity index (χ3n) is 3.60. The van der Waals surface area contributed by atoms with Gasteiger partial charge in [-0.25, -0.2) is 8.42 Å². The summed E-state index contributed by atoms with van der Waals surface area (Å²) in [4.78, 5) is 16.7. The van der Waals surface area contributed by atoms with Crippen molar-refractivity contribution in [1.82, 2.24) is 15.0 Å². The number of nitrogens with zero attached hydrogens (tertiary/aromatic N) is 3. The quantitative estimate of drug-likeness (QED) is 0.703. The van der Waals surface area contributed by atoms with Gasteiger partial charge in [0.2, 0.25) is 17.6 Å². The Morgan fingerprint density at radius 2 is 1.96 bits per heavy atom. The number of amides is 1. The molecule has 1 amide bonds. The number of sulfone groups is 1. The van der Waals surface area contributed by atoms with Crippen LogP contribution < -0.4 is 0 Å². The summed E-state index contributed by atoms with van der Waals surface area (Å²) in [5.41, 5.74) is -0.807. The lowest BCUT2D eigenvalue weighted by Gasteiger charge is -2.09. The Hall–Kier alpha value is -2.43. The van der Waals surface area contributed by atoms with E-state index in [1.54, 1.807) is 14.1 Å². The van der Waals surface area contributed by atoms with Crippen LogP contribution in [0.1, 0.15) is 24.3 Å². The first-order valence-corrected chi connectivity index (χ1v) is 9.71. The van der Waals surface area contributed by atoms with Gasteiger partial charge in [-0.2, -0.15) is 18.2 Å². The number of carbonyl (C=O) groups is 1. The van der Waals surface area contributed by atoms with E-state index in [1.165, 1.54) is 17.0 Å². The van der Waals surface area contributed by atoms with Crippen LogP contribution in [0.2, 0.25) is 0 Å². The zero-order valence-corrected chi connectivity index (χ0v) is 15.5. The molecule has 0 N–H and O–H groups in total.